The molecule has 9 aromatic rings. The summed E-state index contributed by atoms with van der Waals surface area (Å²) in [6, 6.07) is 51.1. The fourth-order valence-corrected chi connectivity index (χ4v) is 8.87. The maximum atomic E-state index is 11.3. The summed E-state index contributed by atoms with van der Waals surface area (Å²) in [4.78, 5) is 15.3. The number of hydrogen-bond acceptors (Lipinski definition) is 4. The van der Waals surface area contributed by atoms with Crippen molar-refractivity contribution >= 4 is 78.3 Å². The standard InChI is InChI=1S/C42H25N3O2S2/c43-25-27(42(46)47)23-30-18-20-40(48-30)41-22-21-39(49-41)26-13-19-38-34(24-26)33-9-3-6-12-37(33)45(38)29-16-14-28(15-17-29)44-35-10-4-1-7-31(35)32-8-2-5-11-36(32)44/h1-24H,(H,46,47). The van der Waals surface area contributed by atoms with Gasteiger partial charge in [0, 0.05) is 52.4 Å². The zero-order chi connectivity index (χ0) is 33.1. The van der Waals surface area contributed by atoms with E-state index in [1.165, 1.54) is 50.0 Å². The number of aliphatic carboxylic acids is 1. The third kappa shape index (κ3) is 4.77. The van der Waals surface area contributed by atoms with Gasteiger partial charge in [-0.1, -0.05) is 60.7 Å². The van der Waals surface area contributed by atoms with E-state index in [2.05, 4.69) is 137 Å². The molecule has 0 amide bonds. The Hall–Kier alpha value is -6.20. The summed E-state index contributed by atoms with van der Waals surface area (Å²) in [6.07, 6.45) is 1.42. The van der Waals surface area contributed by atoms with E-state index >= 15 is 0 Å². The minimum Gasteiger partial charge on any atom is -0.477 e. The molecule has 0 aliphatic rings. The molecule has 1 N–H and O–H groups in total. The molecule has 0 unspecified atom stereocenters. The van der Waals surface area contributed by atoms with Crippen LogP contribution in [0.15, 0.2) is 145 Å². The van der Waals surface area contributed by atoms with Crippen molar-refractivity contribution in [1.82, 2.24) is 9.13 Å². The molecule has 0 bridgehead atoms. The highest BCUT2D eigenvalue weighted by Crippen LogP contribution is 2.41. The van der Waals surface area contributed by atoms with E-state index in [9.17, 15) is 9.90 Å². The number of carboxylic acid groups (broad SMARTS) is 1. The number of nitriles is 1. The molecule has 5 aromatic carbocycles. The summed E-state index contributed by atoms with van der Waals surface area (Å²) in [5, 5.41) is 23.2. The Balaban J connectivity index is 1.10. The first-order valence-electron chi connectivity index (χ1n) is 15.7. The molecule has 232 valence electrons. The second-order valence-electron chi connectivity index (χ2n) is 11.8. The molecule has 9 rings (SSSR count). The van der Waals surface area contributed by atoms with E-state index in [1.807, 2.05) is 12.1 Å². The number of carbonyl (C=O) groups is 1. The van der Waals surface area contributed by atoms with Gasteiger partial charge in [-0.05, 0) is 90.5 Å². The van der Waals surface area contributed by atoms with Gasteiger partial charge in [-0.3, -0.25) is 0 Å². The van der Waals surface area contributed by atoms with Crippen molar-refractivity contribution in [2.75, 3.05) is 0 Å². The van der Waals surface area contributed by atoms with Crippen LogP contribution in [0.4, 0.5) is 0 Å². The smallest absolute Gasteiger partial charge is 0.346 e. The van der Waals surface area contributed by atoms with Gasteiger partial charge in [0.15, 0.2) is 0 Å². The molecule has 7 heteroatoms. The monoisotopic (exact) mass is 667 g/mol. The van der Waals surface area contributed by atoms with Gasteiger partial charge >= 0.3 is 5.97 Å². The van der Waals surface area contributed by atoms with Crippen LogP contribution in [0.25, 0.3) is 81.3 Å². The first-order valence-corrected chi connectivity index (χ1v) is 17.4. The molecule has 0 saturated heterocycles. The SMILES string of the molecule is N#CC(=Cc1ccc(-c2ccc(-c3ccc4c(c3)c3ccccc3n4-c3ccc(-n4c5ccccc5c5ccccc54)cc3)s2)s1)C(=O)O. The van der Waals surface area contributed by atoms with E-state index < -0.39 is 5.97 Å². The molecular formula is C42H25N3O2S2. The van der Waals surface area contributed by atoms with Crippen LogP contribution in [0.2, 0.25) is 0 Å². The molecule has 0 fully saturated rings. The van der Waals surface area contributed by atoms with Gasteiger partial charge in [0.2, 0.25) is 0 Å². The quantitative estimate of drug-likeness (QED) is 0.142. The lowest BCUT2D eigenvalue weighted by Gasteiger charge is -2.12. The van der Waals surface area contributed by atoms with Gasteiger partial charge in [-0.25, -0.2) is 4.79 Å². The number of thiophene rings is 2. The number of para-hydroxylation sites is 3. The van der Waals surface area contributed by atoms with Crippen LogP contribution in [-0.4, -0.2) is 20.2 Å². The Morgan fingerprint density at radius 1 is 0.571 bits per heavy atom. The minimum absolute atomic E-state index is 0.271. The van der Waals surface area contributed by atoms with Crippen molar-refractivity contribution in [2.45, 2.75) is 0 Å². The van der Waals surface area contributed by atoms with Crippen molar-refractivity contribution in [1.29, 1.82) is 5.26 Å². The Bertz CT molecular complexity index is 2770. The summed E-state index contributed by atoms with van der Waals surface area (Å²) in [7, 11) is 0. The molecule has 0 radical (unpaired) electrons. The number of benzene rings is 5. The fourth-order valence-electron chi connectivity index (χ4n) is 6.83. The Labute approximate surface area is 289 Å². The lowest BCUT2D eigenvalue weighted by molar-refractivity contribution is -0.132. The second-order valence-corrected chi connectivity index (χ2v) is 14.0. The second kappa shape index (κ2) is 11.5. The number of carboxylic acids is 1. The van der Waals surface area contributed by atoms with Crippen molar-refractivity contribution in [2.24, 2.45) is 0 Å². The Kier molecular flexibility index (Phi) is 6.80. The first-order chi connectivity index (χ1) is 24.1. The molecule has 4 heterocycles. The number of aromatic nitrogens is 2. The zero-order valence-corrected chi connectivity index (χ0v) is 27.5. The summed E-state index contributed by atoms with van der Waals surface area (Å²) in [5.74, 6) is -1.22. The third-order valence-corrected chi connectivity index (χ3v) is 11.4. The molecule has 49 heavy (non-hydrogen) atoms. The van der Waals surface area contributed by atoms with Gasteiger partial charge in [-0.15, -0.1) is 22.7 Å². The van der Waals surface area contributed by atoms with Crippen LogP contribution in [0.3, 0.4) is 0 Å². The van der Waals surface area contributed by atoms with E-state index in [0.29, 0.717) is 0 Å². The van der Waals surface area contributed by atoms with Crippen LogP contribution in [-0.2, 0) is 4.79 Å². The van der Waals surface area contributed by atoms with Crippen LogP contribution in [0, 0.1) is 11.3 Å². The van der Waals surface area contributed by atoms with Crippen LogP contribution in [0.1, 0.15) is 4.88 Å². The predicted octanol–water partition coefficient (Wildman–Crippen LogP) is 11.3. The average molecular weight is 668 g/mol. The molecule has 0 atom stereocenters. The number of fused-ring (bicyclic) bond motifs is 6. The summed E-state index contributed by atoms with van der Waals surface area (Å²) >= 11 is 3.18. The predicted molar refractivity (Wildman–Crippen MR) is 203 cm³/mol. The zero-order valence-electron chi connectivity index (χ0n) is 25.9. The van der Waals surface area contributed by atoms with Crippen molar-refractivity contribution in [3.63, 3.8) is 0 Å². The fraction of sp³-hybridized carbons (Fsp3) is 0. The first kappa shape index (κ1) is 29.0. The topological polar surface area (TPSA) is 71.0 Å². The lowest BCUT2D eigenvalue weighted by Crippen LogP contribution is -1.97. The molecule has 0 saturated carbocycles. The average Bonchev–Trinajstić information content (AvgIpc) is 3.94. The van der Waals surface area contributed by atoms with Crippen LogP contribution in [0.5, 0.6) is 0 Å². The number of nitrogens with zero attached hydrogens (tertiary/aromatic N) is 3. The summed E-state index contributed by atoms with van der Waals surface area (Å²) in [5.41, 5.74) is 7.79. The lowest BCUT2D eigenvalue weighted by atomic mass is 10.1. The van der Waals surface area contributed by atoms with E-state index in [4.69, 9.17) is 5.26 Å². The highest BCUT2D eigenvalue weighted by molar-refractivity contribution is 7.24. The number of hydrogen-bond donors (Lipinski definition) is 1. The summed E-state index contributed by atoms with van der Waals surface area (Å²) < 4.78 is 4.69. The van der Waals surface area contributed by atoms with E-state index in [0.717, 1.165) is 47.5 Å². The van der Waals surface area contributed by atoms with Crippen molar-refractivity contribution in [3.8, 4) is 37.6 Å². The maximum Gasteiger partial charge on any atom is 0.346 e. The molecule has 0 spiro atoms. The highest BCUT2D eigenvalue weighted by Gasteiger charge is 2.16. The molecule has 0 aliphatic carbocycles. The van der Waals surface area contributed by atoms with Gasteiger partial charge < -0.3 is 14.2 Å². The Morgan fingerprint density at radius 3 is 1.63 bits per heavy atom. The summed E-state index contributed by atoms with van der Waals surface area (Å²) in [6.45, 7) is 0. The van der Waals surface area contributed by atoms with Crippen molar-refractivity contribution < 1.29 is 9.90 Å². The van der Waals surface area contributed by atoms with Gasteiger partial charge in [-0.2, -0.15) is 5.26 Å². The third-order valence-electron chi connectivity index (χ3n) is 9.02. The Morgan fingerprint density at radius 2 is 1.06 bits per heavy atom. The molecule has 0 aliphatic heterocycles. The maximum absolute atomic E-state index is 11.3. The molecular weight excluding hydrogens is 643 g/mol. The molecule has 5 nitrogen and oxygen atoms in total. The number of rotatable bonds is 6. The largest absolute Gasteiger partial charge is 0.477 e. The highest BCUT2D eigenvalue weighted by atomic mass is 32.1. The normalized spacial score (nSPS) is 11.9. The van der Waals surface area contributed by atoms with Gasteiger partial charge in [0.25, 0.3) is 0 Å². The van der Waals surface area contributed by atoms with Crippen molar-refractivity contribution in [3.05, 3.63) is 150 Å². The van der Waals surface area contributed by atoms with Crippen LogP contribution < -0.4 is 0 Å². The van der Waals surface area contributed by atoms with E-state index in [1.54, 1.807) is 17.4 Å². The van der Waals surface area contributed by atoms with E-state index in [-0.39, 0.29) is 5.57 Å². The minimum atomic E-state index is -1.22. The van der Waals surface area contributed by atoms with Crippen LogP contribution >= 0.6 is 22.7 Å². The molecule has 4 aromatic heterocycles. The van der Waals surface area contributed by atoms with Gasteiger partial charge in [0.1, 0.15) is 11.6 Å². The van der Waals surface area contributed by atoms with Gasteiger partial charge in [0.05, 0.1) is 22.1 Å².